The van der Waals surface area contributed by atoms with Gasteiger partial charge in [0.15, 0.2) is 11.6 Å². The Hall–Kier alpha value is -3.66. The third kappa shape index (κ3) is 4.39. The second-order valence-electron chi connectivity index (χ2n) is 10.4. The van der Waals surface area contributed by atoms with E-state index in [-0.39, 0.29) is 47.8 Å². The number of fused-ring (bicyclic) bond motifs is 2. The van der Waals surface area contributed by atoms with Crippen molar-refractivity contribution in [1.82, 2.24) is 35.5 Å². The van der Waals surface area contributed by atoms with E-state index >= 15 is 0 Å². The zero-order valence-corrected chi connectivity index (χ0v) is 20.7. The first-order chi connectivity index (χ1) is 18.0. The van der Waals surface area contributed by atoms with Crippen LogP contribution < -0.4 is 10.9 Å². The second kappa shape index (κ2) is 9.66. The Morgan fingerprint density at radius 1 is 1.16 bits per heavy atom. The van der Waals surface area contributed by atoms with Crippen molar-refractivity contribution in [1.29, 1.82) is 0 Å². The number of hydrazine groups is 1. The average molecular weight is 504 g/mol. The molecule has 2 amide bonds. The highest BCUT2D eigenvalue weighted by Gasteiger charge is 2.40. The zero-order valence-electron chi connectivity index (χ0n) is 20.7. The van der Waals surface area contributed by atoms with E-state index in [0.29, 0.717) is 24.6 Å². The lowest BCUT2D eigenvalue weighted by Gasteiger charge is -2.41. The van der Waals surface area contributed by atoms with Crippen LogP contribution in [-0.2, 0) is 17.8 Å². The summed E-state index contributed by atoms with van der Waals surface area (Å²) in [4.78, 5) is 31.8. The Kier molecular flexibility index (Phi) is 6.19. The molecule has 1 aliphatic carbocycles. The normalized spacial score (nSPS) is 25.2. The van der Waals surface area contributed by atoms with Crippen LogP contribution in [0.15, 0.2) is 42.6 Å². The first-order valence-corrected chi connectivity index (χ1v) is 13.0. The number of amides is 2. The summed E-state index contributed by atoms with van der Waals surface area (Å²) in [7, 11) is 0. The molecular weight excluding hydrogens is 473 g/mol. The minimum Gasteiger partial charge on any atom is -0.329 e. The average Bonchev–Trinajstić information content (AvgIpc) is 3.36. The Labute approximate surface area is 214 Å². The van der Waals surface area contributed by atoms with Gasteiger partial charge in [0, 0.05) is 24.7 Å². The predicted molar refractivity (Wildman–Crippen MR) is 133 cm³/mol. The van der Waals surface area contributed by atoms with Gasteiger partial charge in [-0.25, -0.2) is 9.82 Å². The fourth-order valence-electron chi connectivity index (χ4n) is 6.18. The number of benzene rings is 1. The molecule has 9 nitrogen and oxygen atoms in total. The summed E-state index contributed by atoms with van der Waals surface area (Å²) in [5.74, 6) is 0.739. The quantitative estimate of drug-likeness (QED) is 0.567. The first-order valence-electron chi connectivity index (χ1n) is 13.0. The highest BCUT2D eigenvalue weighted by molar-refractivity contribution is 5.94. The SMILES string of the molecule is CC1CN(C(=O)c2cc(CC3NNC(=O)C4CCCCC34)ccc2F)Cc2nnc(-c3ccccn3)n21. The highest BCUT2D eigenvalue weighted by atomic mass is 19.1. The summed E-state index contributed by atoms with van der Waals surface area (Å²) in [5, 5.41) is 8.64. The van der Waals surface area contributed by atoms with Gasteiger partial charge in [-0.15, -0.1) is 10.2 Å². The van der Waals surface area contributed by atoms with Gasteiger partial charge in [-0.05, 0) is 61.9 Å². The predicted octanol–water partition coefficient (Wildman–Crippen LogP) is 3.05. The number of nitrogens with one attached hydrogen (secondary N) is 2. The fourth-order valence-corrected chi connectivity index (χ4v) is 6.18. The maximum Gasteiger partial charge on any atom is 0.257 e. The molecule has 4 heterocycles. The molecule has 1 saturated carbocycles. The summed E-state index contributed by atoms with van der Waals surface area (Å²) in [6.45, 7) is 2.65. The van der Waals surface area contributed by atoms with E-state index in [4.69, 9.17) is 0 Å². The Balaban J connectivity index is 1.21. The number of hydrogen-bond donors (Lipinski definition) is 2. The molecule has 0 spiro atoms. The fraction of sp³-hybridized carbons (Fsp3) is 0.444. The molecule has 2 aromatic heterocycles. The van der Waals surface area contributed by atoms with Crippen LogP contribution in [0.2, 0.25) is 0 Å². The molecule has 4 unspecified atom stereocenters. The van der Waals surface area contributed by atoms with Crippen LogP contribution in [0.1, 0.15) is 60.4 Å². The van der Waals surface area contributed by atoms with E-state index in [9.17, 15) is 14.0 Å². The maximum absolute atomic E-state index is 14.9. The number of carbonyl (C=O) groups is 2. The lowest BCUT2D eigenvalue weighted by Crippen LogP contribution is -2.60. The van der Waals surface area contributed by atoms with Gasteiger partial charge in [-0.1, -0.05) is 25.0 Å². The van der Waals surface area contributed by atoms with Gasteiger partial charge in [0.1, 0.15) is 11.5 Å². The minimum atomic E-state index is -0.539. The molecule has 3 aliphatic rings. The molecular formula is C27H30FN7O2. The number of carbonyl (C=O) groups excluding carboxylic acids is 2. The van der Waals surface area contributed by atoms with Crippen LogP contribution in [-0.4, -0.2) is 49.0 Å². The largest absolute Gasteiger partial charge is 0.329 e. The molecule has 192 valence electrons. The van der Waals surface area contributed by atoms with Crippen molar-refractivity contribution in [3.63, 3.8) is 0 Å². The van der Waals surface area contributed by atoms with Crippen molar-refractivity contribution in [2.24, 2.45) is 11.8 Å². The zero-order chi connectivity index (χ0) is 25.5. The lowest BCUT2D eigenvalue weighted by molar-refractivity contribution is -0.133. The number of halogens is 1. The van der Waals surface area contributed by atoms with E-state index in [1.54, 1.807) is 23.2 Å². The van der Waals surface area contributed by atoms with Crippen LogP contribution in [0.5, 0.6) is 0 Å². The van der Waals surface area contributed by atoms with Crippen LogP contribution in [0, 0.1) is 17.7 Å². The number of hydrogen-bond acceptors (Lipinski definition) is 6. The van der Waals surface area contributed by atoms with Crippen LogP contribution in [0.25, 0.3) is 11.5 Å². The van der Waals surface area contributed by atoms with E-state index in [0.717, 1.165) is 36.9 Å². The van der Waals surface area contributed by atoms with Gasteiger partial charge >= 0.3 is 0 Å². The Morgan fingerprint density at radius 2 is 2.03 bits per heavy atom. The van der Waals surface area contributed by atoms with Crippen molar-refractivity contribution in [3.8, 4) is 11.5 Å². The van der Waals surface area contributed by atoms with Crippen molar-refractivity contribution in [2.45, 2.75) is 57.7 Å². The summed E-state index contributed by atoms with van der Waals surface area (Å²) >= 11 is 0. The summed E-state index contributed by atoms with van der Waals surface area (Å²) < 4.78 is 16.9. The van der Waals surface area contributed by atoms with Crippen LogP contribution in [0.3, 0.4) is 0 Å². The van der Waals surface area contributed by atoms with E-state index < -0.39 is 5.82 Å². The van der Waals surface area contributed by atoms with Gasteiger partial charge < -0.3 is 9.47 Å². The van der Waals surface area contributed by atoms with Gasteiger partial charge in [0.25, 0.3) is 5.91 Å². The number of aromatic nitrogens is 4. The maximum atomic E-state index is 14.9. The van der Waals surface area contributed by atoms with Crippen LogP contribution >= 0.6 is 0 Å². The number of pyridine rings is 1. The summed E-state index contributed by atoms with van der Waals surface area (Å²) in [6, 6.07) is 10.3. The van der Waals surface area contributed by atoms with Gasteiger partial charge in [0.05, 0.1) is 18.2 Å². The standard InChI is InChI=1S/C27H30FN7O2/c1-16-14-34(15-24-31-32-25(35(16)24)22-8-4-5-11-29-22)27(37)20-12-17(9-10-21(20)28)13-23-18-6-2-3-7-19(18)26(36)33-30-23/h4-5,8-12,16,18-19,23,30H,2-3,6-7,13-15H2,1H3,(H,33,36). The van der Waals surface area contributed by atoms with Crippen LogP contribution in [0.4, 0.5) is 4.39 Å². The number of nitrogens with zero attached hydrogens (tertiary/aromatic N) is 5. The monoisotopic (exact) mass is 503 g/mol. The molecule has 10 heteroatoms. The van der Waals surface area contributed by atoms with E-state index in [2.05, 4.69) is 26.0 Å². The summed E-state index contributed by atoms with van der Waals surface area (Å²) in [5.41, 5.74) is 7.63. The van der Waals surface area contributed by atoms with Crippen molar-refractivity contribution in [2.75, 3.05) is 6.54 Å². The molecule has 37 heavy (non-hydrogen) atoms. The van der Waals surface area contributed by atoms with E-state index in [1.807, 2.05) is 29.7 Å². The second-order valence-corrected chi connectivity index (χ2v) is 10.4. The third-order valence-electron chi connectivity index (χ3n) is 7.98. The van der Waals surface area contributed by atoms with Gasteiger partial charge in [-0.3, -0.25) is 20.0 Å². The topological polar surface area (TPSA) is 105 Å². The first kappa shape index (κ1) is 23.7. The van der Waals surface area contributed by atoms with Crippen molar-refractivity contribution in [3.05, 3.63) is 65.4 Å². The molecule has 2 aliphatic heterocycles. The van der Waals surface area contributed by atoms with E-state index in [1.165, 1.54) is 6.07 Å². The Bertz CT molecular complexity index is 1330. The molecule has 2 fully saturated rings. The molecule has 1 aromatic carbocycles. The molecule has 1 saturated heterocycles. The molecule has 3 aromatic rings. The Morgan fingerprint density at radius 3 is 2.86 bits per heavy atom. The van der Waals surface area contributed by atoms with Crippen molar-refractivity contribution >= 4 is 11.8 Å². The number of rotatable bonds is 4. The molecule has 0 bridgehead atoms. The molecule has 4 atom stereocenters. The van der Waals surface area contributed by atoms with Gasteiger partial charge in [-0.2, -0.15) is 0 Å². The molecule has 6 rings (SSSR count). The highest BCUT2D eigenvalue weighted by Crippen LogP contribution is 2.35. The third-order valence-corrected chi connectivity index (χ3v) is 7.98. The smallest absolute Gasteiger partial charge is 0.257 e. The molecule has 2 N–H and O–H groups in total. The lowest BCUT2D eigenvalue weighted by atomic mass is 9.72. The molecule has 0 radical (unpaired) electrons. The van der Waals surface area contributed by atoms with Gasteiger partial charge in [0.2, 0.25) is 5.91 Å². The summed E-state index contributed by atoms with van der Waals surface area (Å²) in [6.07, 6.45) is 6.40. The minimum absolute atomic E-state index is 0.0183. The van der Waals surface area contributed by atoms with Crippen molar-refractivity contribution < 1.29 is 14.0 Å².